The van der Waals surface area contributed by atoms with Gasteiger partial charge in [-0.1, -0.05) is 167 Å². The molecule has 8 nitrogen and oxygen atoms in total. The molecule has 3 atom stereocenters. The molecule has 0 saturated carbocycles. The number of phosphoric ester groups is 1. The van der Waals surface area contributed by atoms with Gasteiger partial charge in [-0.05, 0) is 32.1 Å². The van der Waals surface area contributed by atoms with Crippen molar-refractivity contribution >= 4 is 13.7 Å². The van der Waals surface area contributed by atoms with Crippen molar-refractivity contribution in [1.29, 1.82) is 0 Å². The number of unbranched alkanes of at least 4 members (excludes halogenated alkanes) is 22. The minimum absolute atomic E-state index is 0.00484. The molecule has 0 aromatic rings. The van der Waals surface area contributed by atoms with Gasteiger partial charge >= 0.3 is 0 Å². The highest BCUT2D eigenvalue weighted by atomic mass is 31.2. The van der Waals surface area contributed by atoms with E-state index in [1.54, 1.807) is 6.08 Å². The Balaban J connectivity index is 4.40. The van der Waals surface area contributed by atoms with Crippen LogP contribution in [0, 0.1) is 0 Å². The summed E-state index contributed by atoms with van der Waals surface area (Å²) in [6, 6.07) is -0.895. The maximum Gasteiger partial charge on any atom is 0.268 e. The van der Waals surface area contributed by atoms with Crippen molar-refractivity contribution < 1.29 is 32.9 Å². The van der Waals surface area contributed by atoms with Crippen LogP contribution in [0.2, 0.25) is 0 Å². The average Bonchev–Trinajstić information content (AvgIpc) is 3.06. The largest absolute Gasteiger partial charge is 0.756 e. The highest BCUT2D eigenvalue weighted by Gasteiger charge is 2.23. The van der Waals surface area contributed by atoms with Crippen LogP contribution in [-0.4, -0.2) is 68.5 Å². The van der Waals surface area contributed by atoms with Crippen LogP contribution in [0.5, 0.6) is 0 Å². The average molecular weight is 729 g/mol. The number of aliphatic hydroxyl groups is 1. The summed E-state index contributed by atoms with van der Waals surface area (Å²) in [5.41, 5.74) is 0. The van der Waals surface area contributed by atoms with Gasteiger partial charge in [0.1, 0.15) is 13.2 Å². The molecule has 9 heteroatoms. The van der Waals surface area contributed by atoms with E-state index < -0.39 is 20.0 Å². The molecule has 2 N–H and O–H groups in total. The number of nitrogens with one attached hydrogen (secondary N) is 1. The number of hydrogen-bond acceptors (Lipinski definition) is 6. The molecule has 0 rings (SSSR count). The molecule has 0 radical (unpaired) electrons. The molecule has 0 aromatic heterocycles. The summed E-state index contributed by atoms with van der Waals surface area (Å²) < 4.78 is 23.1. The van der Waals surface area contributed by atoms with E-state index in [9.17, 15) is 19.4 Å². The van der Waals surface area contributed by atoms with Gasteiger partial charge in [0.15, 0.2) is 0 Å². The Morgan fingerprint density at radius 3 is 1.62 bits per heavy atom. The van der Waals surface area contributed by atoms with Crippen molar-refractivity contribution in [2.75, 3.05) is 40.9 Å². The standard InChI is InChI=1S/C41H81N2O6P/c1-6-8-10-12-14-16-17-18-19-20-21-22-23-24-25-26-27-28-30-32-34-40(44)39(38-49-50(46,47)48-37-36-43(3,4)5)42-41(45)35-33-31-29-15-13-11-9-7-2/h26-27,32,34,39-40,44H,6-25,28-31,33,35-38H2,1-5H3,(H-,42,45,46,47)/b27-26+,34-32+. The first-order valence-electron chi connectivity index (χ1n) is 20.7. The van der Waals surface area contributed by atoms with E-state index in [2.05, 4.69) is 31.3 Å². The second kappa shape index (κ2) is 33.8. The van der Waals surface area contributed by atoms with E-state index >= 15 is 0 Å². The molecule has 296 valence electrons. The first-order chi connectivity index (χ1) is 24.0. The summed E-state index contributed by atoms with van der Waals surface area (Å²) in [4.78, 5) is 25.1. The summed E-state index contributed by atoms with van der Waals surface area (Å²) in [6.45, 7) is 4.58. The normalized spacial score (nSPS) is 14.8. The Hall–Kier alpha value is -1.02. The first-order valence-corrected chi connectivity index (χ1v) is 22.2. The van der Waals surface area contributed by atoms with Gasteiger partial charge in [-0.15, -0.1) is 0 Å². The van der Waals surface area contributed by atoms with E-state index in [-0.39, 0.29) is 19.1 Å². The maximum absolute atomic E-state index is 12.7. The number of quaternary nitrogens is 1. The van der Waals surface area contributed by atoms with Crippen LogP contribution in [0.3, 0.4) is 0 Å². The number of carbonyl (C=O) groups is 1. The molecule has 0 spiro atoms. The molecule has 0 aliphatic carbocycles. The number of allylic oxidation sites excluding steroid dienone is 3. The van der Waals surface area contributed by atoms with E-state index in [1.165, 1.54) is 122 Å². The monoisotopic (exact) mass is 729 g/mol. The van der Waals surface area contributed by atoms with Crippen molar-refractivity contribution in [3.8, 4) is 0 Å². The second-order valence-electron chi connectivity index (χ2n) is 15.3. The van der Waals surface area contributed by atoms with Crippen LogP contribution in [0.4, 0.5) is 0 Å². The number of hydrogen-bond donors (Lipinski definition) is 2. The maximum atomic E-state index is 12.7. The number of rotatable bonds is 37. The van der Waals surface area contributed by atoms with Crippen LogP contribution in [-0.2, 0) is 18.4 Å². The summed E-state index contributed by atoms with van der Waals surface area (Å²) in [6.07, 6.45) is 38.1. The minimum Gasteiger partial charge on any atom is -0.756 e. The zero-order chi connectivity index (χ0) is 37.2. The lowest BCUT2D eigenvalue weighted by molar-refractivity contribution is -0.870. The van der Waals surface area contributed by atoms with E-state index in [1.807, 2.05) is 27.2 Å². The van der Waals surface area contributed by atoms with Crippen LogP contribution in [0.1, 0.15) is 181 Å². The number of likely N-dealkylation sites (N-methyl/N-ethyl adjacent to an activating group) is 1. The van der Waals surface area contributed by atoms with Crippen LogP contribution in [0.15, 0.2) is 24.3 Å². The van der Waals surface area contributed by atoms with E-state index in [0.29, 0.717) is 17.4 Å². The third-order valence-corrected chi connectivity index (χ3v) is 10.1. The van der Waals surface area contributed by atoms with E-state index in [0.717, 1.165) is 38.5 Å². The van der Waals surface area contributed by atoms with Gasteiger partial charge in [-0.3, -0.25) is 9.36 Å². The lowest BCUT2D eigenvalue weighted by Gasteiger charge is -2.29. The van der Waals surface area contributed by atoms with Crippen molar-refractivity contribution in [2.45, 2.75) is 193 Å². The topological polar surface area (TPSA) is 108 Å². The first kappa shape index (κ1) is 49.0. The van der Waals surface area contributed by atoms with Gasteiger partial charge < -0.3 is 28.8 Å². The fourth-order valence-corrected chi connectivity index (χ4v) is 6.54. The highest BCUT2D eigenvalue weighted by Crippen LogP contribution is 2.38. The molecule has 0 heterocycles. The van der Waals surface area contributed by atoms with Crippen LogP contribution in [0.25, 0.3) is 0 Å². The molecule has 0 aromatic carbocycles. The smallest absolute Gasteiger partial charge is 0.268 e. The number of aliphatic hydroxyl groups excluding tert-OH is 1. The molecule has 0 bridgehead atoms. The molecule has 3 unspecified atom stereocenters. The summed E-state index contributed by atoms with van der Waals surface area (Å²) in [5.74, 6) is -0.213. The van der Waals surface area contributed by atoms with Crippen LogP contribution < -0.4 is 10.2 Å². The van der Waals surface area contributed by atoms with Crippen LogP contribution >= 0.6 is 7.82 Å². The summed E-state index contributed by atoms with van der Waals surface area (Å²) in [7, 11) is 1.24. The van der Waals surface area contributed by atoms with Gasteiger partial charge in [-0.2, -0.15) is 0 Å². The number of phosphoric acid groups is 1. The molecule has 0 aliphatic rings. The third kappa shape index (κ3) is 35.4. The molecule has 50 heavy (non-hydrogen) atoms. The zero-order valence-electron chi connectivity index (χ0n) is 33.4. The zero-order valence-corrected chi connectivity index (χ0v) is 34.2. The SMILES string of the molecule is CCCCCCCCCCCCCCCC/C=C/CC/C=C/C(O)C(COP(=O)([O-])OCC[N+](C)(C)C)NC(=O)CCCCCCCCCC. The van der Waals surface area contributed by atoms with Gasteiger partial charge in [0.05, 0.1) is 39.9 Å². The Labute approximate surface area is 309 Å². The van der Waals surface area contributed by atoms with Crippen molar-refractivity contribution in [3.63, 3.8) is 0 Å². The summed E-state index contributed by atoms with van der Waals surface area (Å²) in [5, 5.41) is 13.7. The van der Waals surface area contributed by atoms with Gasteiger partial charge in [-0.25, -0.2) is 0 Å². The number of nitrogens with zero attached hydrogens (tertiary/aromatic N) is 1. The van der Waals surface area contributed by atoms with E-state index in [4.69, 9.17) is 9.05 Å². The Bertz CT molecular complexity index is 876. The quantitative estimate of drug-likeness (QED) is 0.0285. The van der Waals surface area contributed by atoms with Gasteiger partial charge in [0.25, 0.3) is 7.82 Å². The summed E-state index contributed by atoms with van der Waals surface area (Å²) >= 11 is 0. The predicted octanol–water partition coefficient (Wildman–Crippen LogP) is 10.3. The Kier molecular flexibility index (Phi) is 33.1. The molecule has 0 aliphatic heterocycles. The highest BCUT2D eigenvalue weighted by molar-refractivity contribution is 7.45. The number of carbonyl (C=O) groups excluding carboxylic acids is 1. The lowest BCUT2D eigenvalue weighted by atomic mass is 10.0. The predicted molar refractivity (Wildman–Crippen MR) is 210 cm³/mol. The fraction of sp³-hybridized carbons (Fsp3) is 0.878. The van der Waals surface area contributed by atoms with Crippen molar-refractivity contribution in [1.82, 2.24) is 5.32 Å². The third-order valence-electron chi connectivity index (χ3n) is 9.16. The Morgan fingerprint density at radius 1 is 0.680 bits per heavy atom. The lowest BCUT2D eigenvalue weighted by Crippen LogP contribution is -2.45. The molecular weight excluding hydrogens is 647 g/mol. The van der Waals surface area contributed by atoms with Crippen molar-refractivity contribution in [2.24, 2.45) is 0 Å². The fourth-order valence-electron chi connectivity index (χ4n) is 5.81. The molecule has 0 saturated heterocycles. The molecular formula is C41H81N2O6P. The van der Waals surface area contributed by atoms with Crippen molar-refractivity contribution in [3.05, 3.63) is 24.3 Å². The molecule has 1 amide bonds. The van der Waals surface area contributed by atoms with Gasteiger partial charge in [0.2, 0.25) is 5.91 Å². The number of amides is 1. The minimum atomic E-state index is -4.58. The molecule has 0 fully saturated rings. The second-order valence-corrected chi connectivity index (χ2v) is 16.8. The van der Waals surface area contributed by atoms with Gasteiger partial charge in [0, 0.05) is 6.42 Å². The Morgan fingerprint density at radius 2 is 1.12 bits per heavy atom.